The Balaban J connectivity index is 1.40. The predicted octanol–water partition coefficient (Wildman–Crippen LogP) is 8.86. The van der Waals surface area contributed by atoms with Crippen LogP contribution in [0.25, 0.3) is 77.0 Å². The zero-order valence-electron chi connectivity index (χ0n) is 22.0. The van der Waals surface area contributed by atoms with E-state index in [9.17, 15) is 0 Å². The van der Waals surface area contributed by atoms with E-state index < -0.39 is 0 Å². The van der Waals surface area contributed by atoms with Gasteiger partial charge in [0.15, 0.2) is 0 Å². The minimum absolute atomic E-state index is 0.874. The first-order chi connectivity index (χ1) is 20.4. The van der Waals surface area contributed by atoms with Gasteiger partial charge in [-0.3, -0.25) is 9.38 Å². The second-order valence-electron chi connectivity index (χ2n) is 11.0. The van der Waals surface area contributed by atoms with E-state index in [1.54, 1.807) is 0 Å². The summed E-state index contributed by atoms with van der Waals surface area (Å²) in [5.41, 5.74) is 13.3. The standard InChI is InChI=1S/C37H22N4/c1-2-8-23(9-3-1)40-31-12-6-4-10-24(31)27-15-14-22-20-28-25(34(22)36(27)40)16-17-26-29-21-38-19-18-32(29)41-33-13-7-5-11-30(33)39-37(41)35(26)28/h1-19,21H,20H2. The molecular formula is C37H22N4. The SMILES string of the molecule is c1ccc(-n2c3ccccc3c3ccc4c(c32)-c2ccc3c5cnccc5n5c6ccccc6nc5c3c2C4)cc1. The van der Waals surface area contributed by atoms with Crippen molar-refractivity contribution < 1.29 is 0 Å². The minimum Gasteiger partial charge on any atom is -0.309 e. The van der Waals surface area contributed by atoms with Crippen LogP contribution in [0, 0.1) is 0 Å². The Morgan fingerprint density at radius 1 is 0.610 bits per heavy atom. The van der Waals surface area contributed by atoms with E-state index in [2.05, 4.69) is 123 Å². The molecule has 41 heavy (non-hydrogen) atoms. The van der Waals surface area contributed by atoms with Crippen LogP contribution < -0.4 is 0 Å². The first-order valence-electron chi connectivity index (χ1n) is 14.1. The van der Waals surface area contributed by atoms with E-state index in [4.69, 9.17) is 4.98 Å². The molecule has 9 aromatic rings. The fourth-order valence-electron chi connectivity index (χ4n) is 7.36. The number of hydrogen-bond acceptors (Lipinski definition) is 2. The third kappa shape index (κ3) is 2.64. The maximum absolute atomic E-state index is 5.23. The van der Waals surface area contributed by atoms with E-state index >= 15 is 0 Å². The van der Waals surface area contributed by atoms with Gasteiger partial charge < -0.3 is 4.57 Å². The predicted molar refractivity (Wildman–Crippen MR) is 168 cm³/mol. The lowest BCUT2D eigenvalue weighted by Gasteiger charge is -2.13. The lowest BCUT2D eigenvalue weighted by atomic mass is 9.97. The van der Waals surface area contributed by atoms with Gasteiger partial charge >= 0.3 is 0 Å². The maximum Gasteiger partial charge on any atom is 0.146 e. The number of para-hydroxylation sites is 4. The fourth-order valence-corrected chi connectivity index (χ4v) is 7.36. The number of aromatic nitrogens is 4. The van der Waals surface area contributed by atoms with Gasteiger partial charge in [-0.25, -0.2) is 4.98 Å². The molecule has 190 valence electrons. The molecule has 0 fully saturated rings. The molecule has 4 aromatic heterocycles. The maximum atomic E-state index is 5.23. The van der Waals surface area contributed by atoms with Crippen molar-refractivity contribution in [3.63, 3.8) is 0 Å². The third-order valence-electron chi connectivity index (χ3n) is 9.00. The van der Waals surface area contributed by atoms with Crippen LogP contribution >= 0.6 is 0 Å². The van der Waals surface area contributed by atoms with Crippen molar-refractivity contribution in [2.75, 3.05) is 0 Å². The highest BCUT2D eigenvalue weighted by Crippen LogP contribution is 2.48. The van der Waals surface area contributed by atoms with Gasteiger partial charge in [0, 0.05) is 45.2 Å². The van der Waals surface area contributed by atoms with Crippen molar-refractivity contribution in [2.24, 2.45) is 0 Å². The van der Waals surface area contributed by atoms with Crippen LogP contribution in [0.15, 0.2) is 122 Å². The summed E-state index contributed by atoms with van der Waals surface area (Å²) in [7, 11) is 0. The fraction of sp³-hybridized carbons (Fsp3) is 0.0270. The molecule has 1 aliphatic rings. The second kappa shape index (κ2) is 7.58. The summed E-state index contributed by atoms with van der Waals surface area (Å²) in [5, 5.41) is 6.16. The van der Waals surface area contributed by atoms with Crippen molar-refractivity contribution in [2.45, 2.75) is 6.42 Å². The first kappa shape index (κ1) is 21.4. The number of fused-ring (bicyclic) bond motifs is 16. The zero-order valence-corrected chi connectivity index (χ0v) is 22.0. The topological polar surface area (TPSA) is 35.1 Å². The van der Waals surface area contributed by atoms with Crippen LogP contribution in [0.2, 0.25) is 0 Å². The molecule has 0 saturated carbocycles. The van der Waals surface area contributed by atoms with Gasteiger partial charge in [-0.05, 0) is 64.9 Å². The van der Waals surface area contributed by atoms with Crippen molar-refractivity contribution in [3.05, 3.63) is 133 Å². The monoisotopic (exact) mass is 522 g/mol. The lowest BCUT2D eigenvalue weighted by molar-refractivity contribution is 1.18. The molecule has 5 aromatic carbocycles. The van der Waals surface area contributed by atoms with Gasteiger partial charge in [-0.2, -0.15) is 0 Å². The van der Waals surface area contributed by atoms with E-state index in [1.807, 2.05) is 12.4 Å². The van der Waals surface area contributed by atoms with Crippen LogP contribution in [0.1, 0.15) is 11.1 Å². The van der Waals surface area contributed by atoms with Crippen LogP contribution in [0.5, 0.6) is 0 Å². The Hall–Kier alpha value is -5.48. The summed E-state index contributed by atoms with van der Waals surface area (Å²) in [6, 6.07) is 39.4. The summed E-state index contributed by atoms with van der Waals surface area (Å²) in [6.45, 7) is 0. The normalized spacial score (nSPS) is 12.8. The second-order valence-corrected chi connectivity index (χ2v) is 11.0. The van der Waals surface area contributed by atoms with Gasteiger partial charge in [0.1, 0.15) is 5.65 Å². The molecule has 0 bridgehead atoms. The highest BCUT2D eigenvalue weighted by Gasteiger charge is 2.28. The molecule has 1 aliphatic carbocycles. The zero-order chi connectivity index (χ0) is 26.7. The molecule has 0 radical (unpaired) electrons. The molecule has 0 unspecified atom stereocenters. The van der Waals surface area contributed by atoms with Gasteiger partial charge in [-0.15, -0.1) is 0 Å². The minimum atomic E-state index is 0.874. The third-order valence-corrected chi connectivity index (χ3v) is 9.00. The average molecular weight is 523 g/mol. The highest BCUT2D eigenvalue weighted by molar-refractivity contribution is 6.20. The molecule has 0 spiro atoms. The summed E-state index contributed by atoms with van der Waals surface area (Å²) in [4.78, 5) is 9.77. The van der Waals surface area contributed by atoms with E-state index in [0.717, 1.165) is 34.0 Å². The number of nitrogens with zero attached hydrogens (tertiary/aromatic N) is 4. The number of imidazole rings is 1. The summed E-state index contributed by atoms with van der Waals surface area (Å²) < 4.78 is 4.78. The van der Waals surface area contributed by atoms with Crippen LogP contribution in [-0.2, 0) is 6.42 Å². The highest BCUT2D eigenvalue weighted by atomic mass is 15.0. The number of benzene rings is 5. The van der Waals surface area contributed by atoms with Crippen molar-refractivity contribution >= 4 is 60.2 Å². The Bertz CT molecular complexity index is 2550. The van der Waals surface area contributed by atoms with E-state index in [1.165, 1.54) is 60.5 Å². The molecular weight excluding hydrogens is 500 g/mol. The van der Waals surface area contributed by atoms with Crippen molar-refractivity contribution in [1.29, 1.82) is 0 Å². The Morgan fingerprint density at radius 3 is 2.34 bits per heavy atom. The molecule has 10 rings (SSSR count). The summed E-state index contributed by atoms with van der Waals surface area (Å²) in [5.74, 6) is 0. The molecule has 0 aliphatic heterocycles. The number of hydrogen-bond donors (Lipinski definition) is 0. The van der Waals surface area contributed by atoms with Crippen LogP contribution in [0.3, 0.4) is 0 Å². The van der Waals surface area contributed by atoms with Crippen molar-refractivity contribution in [1.82, 2.24) is 18.9 Å². The molecule has 4 nitrogen and oxygen atoms in total. The Morgan fingerprint density at radius 2 is 1.41 bits per heavy atom. The van der Waals surface area contributed by atoms with Gasteiger partial charge in [0.25, 0.3) is 0 Å². The van der Waals surface area contributed by atoms with Gasteiger partial charge in [0.05, 0.1) is 27.6 Å². The Kier molecular flexibility index (Phi) is 3.95. The molecule has 0 N–H and O–H groups in total. The van der Waals surface area contributed by atoms with Crippen LogP contribution in [0.4, 0.5) is 0 Å². The van der Waals surface area contributed by atoms with Crippen LogP contribution in [-0.4, -0.2) is 18.9 Å². The lowest BCUT2D eigenvalue weighted by Crippen LogP contribution is -1.96. The van der Waals surface area contributed by atoms with Gasteiger partial charge in [0.2, 0.25) is 0 Å². The molecule has 4 heteroatoms. The first-order valence-corrected chi connectivity index (χ1v) is 14.1. The van der Waals surface area contributed by atoms with E-state index in [-0.39, 0.29) is 0 Å². The van der Waals surface area contributed by atoms with Crippen molar-refractivity contribution in [3.8, 4) is 16.8 Å². The van der Waals surface area contributed by atoms with Gasteiger partial charge in [-0.1, -0.05) is 72.8 Å². The largest absolute Gasteiger partial charge is 0.309 e. The molecule has 0 atom stereocenters. The molecule has 4 heterocycles. The Labute approximate surface area is 234 Å². The van der Waals surface area contributed by atoms with E-state index in [0.29, 0.717) is 0 Å². The summed E-state index contributed by atoms with van der Waals surface area (Å²) in [6.07, 6.45) is 4.76. The number of pyridine rings is 2. The molecule has 0 amide bonds. The average Bonchev–Trinajstić information content (AvgIpc) is 3.71. The summed E-state index contributed by atoms with van der Waals surface area (Å²) >= 11 is 0. The number of rotatable bonds is 1. The smallest absolute Gasteiger partial charge is 0.146 e. The quantitative estimate of drug-likeness (QED) is 0.202. The molecule has 0 saturated heterocycles.